The third kappa shape index (κ3) is 6.73. The number of nitrogens with zero attached hydrogens (tertiary/aromatic N) is 3. The van der Waals surface area contributed by atoms with Gasteiger partial charge in [-0.2, -0.15) is 0 Å². The van der Waals surface area contributed by atoms with E-state index in [0.717, 1.165) is 78.2 Å². The van der Waals surface area contributed by atoms with E-state index in [9.17, 15) is 4.79 Å². The molecule has 8 nitrogen and oxygen atoms in total. The molecule has 3 aromatic carbocycles. The molecular weight excluding hydrogens is 526 g/mol. The van der Waals surface area contributed by atoms with Crippen molar-refractivity contribution in [2.45, 2.75) is 39.7 Å². The predicted molar refractivity (Wildman–Crippen MR) is 170 cm³/mol. The first-order chi connectivity index (χ1) is 20.3. The van der Waals surface area contributed by atoms with Crippen LogP contribution in [0.1, 0.15) is 39.0 Å². The number of anilines is 2. The summed E-state index contributed by atoms with van der Waals surface area (Å²) in [5.41, 5.74) is 5.53. The van der Waals surface area contributed by atoms with E-state index in [-0.39, 0.29) is 11.4 Å². The third-order valence-corrected chi connectivity index (χ3v) is 7.72. The Kier molecular flexibility index (Phi) is 9.06. The zero-order valence-electron chi connectivity index (χ0n) is 25.2. The molecule has 2 N–H and O–H groups in total. The van der Waals surface area contributed by atoms with Crippen LogP contribution in [0.2, 0.25) is 0 Å². The summed E-state index contributed by atoms with van der Waals surface area (Å²) in [6, 6.07) is 21.9. The second kappa shape index (κ2) is 12.9. The van der Waals surface area contributed by atoms with Crippen LogP contribution in [-0.2, 0) is 16.7 Å². The molecule has 0 radical (unpaired) electrons. The number of morpholine rings is 1. The molecule has 42 heavy (non-hydrogen) atoms. The first-order valence-corrected chi connectivity index (χ1v) is 14.6. The molecule has 0 unspecified atom stereocenters. The smallest absolute Gasteiger partial charge is 0.323 e. The molecule has 1 fully saturated rings. The molecule has 0 atom stereocenters. The number of amides is 2. The first kappa shape index (κ1) is 29.5. The van der Waals surface area contributed by atoms with Crippen LogP contribution in [0.15, 0.2) is 72.9 Å². The Hall–Kier alpha value is -3.98. The molecule has 1 saturated heterocycles. The number of hydrogen-bond acceptors (Lipinski definition) is 6. The fourth-order valence-corrected chi connectivity index (χ4v) is 5.32. The van der Waals surface area contributed by atoms with Crippen LogP contribution in [-0.4, -0.2) is 61.0 Å². The molecular formula is C34H41N5O3. The van der Waals surface area contributed by atoms with Crippen molar-refractivity contribution in [2.24, 2.45) is 0 Å². The van der Waals surface area contributed by atoms with Gasteiger partial charge in [-0.05, 0) is 46.2 Å². The van der Waals surface area contributed by atoms with Crippen LogP contribution in [0.4, 0.5) is 16.2 Å². The minimum absolute atomic E-state index is 0.0591. The van der Waals surface area contributed by atoms with E-state index in [1.807, 2.05) is 54.7 Å². The maximum Gasteiger partial charge on any atom is 0.323 e. The lowest BCUT2D eigenvalue weighted by molar-refractivity contribution is -0.0931. The Morgan fingerprint density at radius 3 is 2.38 bits per heavy atom. The van der Waals surface area contributed by atoms with Gasteiger partial charge in [0.15, 0.2) is 0 Å². The van der Waals surface area contributed by atoms with Crippen molar-refractivity contribution in [1.82, 2.24) is 15.0 Å². The van der Waals surface area contributed by atoms with E-state index >= 15 is 0 Å². The number of hydrazine groups is 1. The molecule has 0 saturated carbocycles. The number of aromatic nitrogens is 1. The van der Waals surface area contributed by atoms with Gasteiger partial charge < -0.3 is 20.1 Å². The molecule has 1 aliphatic heterocycles. The quantitative estimate of drug-likeness (QED) is 0.241. The molecule has 1 aromatic heterocycles. The summed E-state index contributed by atoms with van der Waals surface area (Å²) < 4.78 is 11.0. The fourth-order valence-electron chi connectivity index (χ4n) is 5.32. The second-order valence-corrected chi connectivity index (χ2v) is 11.5. The van der Waals surface area contributed by atoms with Gasteiger partial charge in [-0.15, -0.1) is 0 Å². The lowest BCUT2D eigenvalue weighted by atomic mass is 9.87. The van der Waals surface area contributed by atoms with Crippen molar-refractivity contribution in [1.29, 1.82) is 0 Å². The lowest BCUT2D eigenvalue weighted by Crippen LogP contribution is -2.48. The highest BCUT2D eigenvalue weighted by Gasteiger charge is 2.19. The lowest BCUT2D eigenvalue weighted by Gasteiger charge is -2.36. The van der Waals surface area contributed by atoms with Crippen molar-refractivity contribution in [3.63, 3.8) is 0 Å². The Bertz CT molecular complexity index is 1520. The Balaban J connectivity index is 1.35. The third-order valence-electron chi connectivity index (χ3n) is 7.72. The summed E-state index contributed by atoms with van der Waals surface area (Å²) in [4.78, 5) is 18.0. The van der Waals surface area contributed by atoms with Gasteiger partial charge in [-0.1, -0.05) is 70.2 Å². The standard InChI is InChI=1S/C34H41N5O3/c1-6-38(39-17-19-42-20-18-39)23-26-13-11-24(22-35-26)27-14-15-30(29-10-8-7-9-28(27)29)36-33(40)37-31-21-25(34(2,3)4)12-16-32(31)41-5/h7-16,21-22H,6,17-20,23H2,1-5H3,(H2,36,37,40). The number of urea groups is 1. The van der Waals surface area contributed by atoms with Gasteiger partial charge in [0.2, 0.25) is 0 Å². The molecule has 1 aliphatic rings. The number of hydrogen-bond donors (Lipinski definition) is 2. The fraction of sp³-hybridized carbons (Fsp3) is 0.353. The summed E-state index contributed by atoms with van der Waals surface area (Å²) >= 11 is 0. The van der Waals surface area contributed by atoms with Gasteiger partial charge in [-0.3, -0.25) is 4.98 Å². The van der Waals surface area contributed by atoms with Crippen molar-refractivity contribution >= 4 is 28.2 Å². The maximum absolute atomic E-state index is 13.2. The molecule has 220 valence electrons. The van der Waals surface area contributed by atoms with E-state index in [1.165, 1.54) is 0 Å². The molecule has 4 aromatic rings. The number of nitrogens with one attached hydrogen (secondary N) is 2. The number of ether oxygens (including phenoxy) is 2. The molecule has 0 aliphatic carbocycles. The highest BCUT2D eigenvalue weighted by molar-refractivity contribution is 6.10. The molecule has 0 bridgehead atoms. The normalized spacial score (nSPS) is 14.2. The summed E-state index contributed by atoms with van der Waals surface area (Å²) in [5.74, 6) is 0.612. The second-order valence-electron chi connectivity index (χ2n) is 11.5. The van der Waals surface area contributed by atoms with Crippen molar-refractivity contribution in [3.8, 4) is 16.9 Å². The Labute approximate surface area is 248 Å². The van der Waals surface area contributed by atoms with E-state index < -0.39 is 0 Å². The highest BCUT2D eigenvalue weighted by atomic mass is 16.5. The zero-order chi connectivity index (χ0) is 29.7. The Morgan fingerprint density at radius 2 is 1.71 bits per heavy atom. The number of carbonyl (C=O) groups is 1. The summed E-state index contributed by atoms with van der Waals surface area (Å²) in [6.45, 7) is 13.6. The van der Waals surface area contributed by atoms with E-state index in [4.69, 9.17) is 14.5 Å². The monoisotopic (exact) mass is 567 g/mol. The molecule has 5 rings (SSSR count). The summed E-state index contributed by atoms with van der Waals surface area (Å²) in [6.07, 6.45) is 1.94. The highest BCUT2D eigenvalue weighted by Crippen LogP contribution is 2.34. The largest absolute Gasteiger partial charge is 0.495 e. The van der Waals surface area contributed by atoms with Crippen LogP contribution in [0.25, 0.3) is 21.9 Å². The zero-order valence-corrected chi connectivity index (χ0v) is 25.2. The van der Waals surface area contributed by atoms with Crippen molar-refractivity contribution in [2.75, 3.05) is 50.6 Å². The molecule has 2 heterocycles. The number of rotatable bonds is 8. The van der Waals surface area contributed by atoms with E-state index in [2.05, 4.69) is 66.5 Å². The maximum atomic E-state index is 13.2. The van der Waals surface area contributed by atoms with Crippen LogP contribution in [0, 0.1) is 0 Å². The summed E-state index contributed by atoms with van der Waals surface area (Å²) in [7, 11) is 1.60. The summed E-state index contributed by atoms with van der Waals surface area (Å²) in [5, 5.41) is 12.7. The van der Waals surface area contributed by atoms with Crippen LogP contribution in [0.5, 0.6) is 5.75 Å². The number of benzene rings is 3. The van der Waals surface area contributed by atoms with Crippen LogP contribution in [0.3, 0.4) is 0 Å². The SMILES string of the molecule is CCN(Cc1ccc(-c2ccc(NC(=O)Nc3cc(C(C)(C)C)ccc3OC)c3ccccc23)cn1)N1CCOCC1. The van der Waals surface area contributed by atoms with Gasteiger partial charge in [-0.25, -0.2) is 14.8 Å². The number of methoxy groups -OCH3 is 1. The Morgan fingerprint density at radius 1 is 0.976 bits per heavy atom. The van der Waals surface area contributed by atoms with Crippen LogP contribution >= 0.6 is 0 Å². The van der Waals surface area contributed by atoms with Gasteiger partial charge in [0.05, 0.1) is 43.9 Å². The minimum Gasteiger partial charge on any atom is -0.495 e. The number of fused-ring (bicyclic) bond motifs is 1. The van der Waals surface area contributed by atoms with Gasteiger partial charge in [0, 0.05) is 36.8 Å². The topological polar surface area (TPSA) is 79.0 Å². The number of carbonyl (C=O) groups excluding carboxylic acids is 1. The van der Waals surface area contributed by atoms with Gasteiger partial charge in [0.1, 0.15) is 5.75 Å². The average molecular weight is 568 g/mol. The van der Waals surface area contributed by atoms with Crippen molar-refractivity contribution < 1.29 is 14.3 Å². The van der Waals surface area contributed by atoms with E-state index in [0.29, 0.717) is 11.4 Å². The molecule has 2 amide bonds. The molecule has 8 heteroatoms. The van der Waals surface area contributed by atoms with Crippen LogP contribution < -0.4 is 15.4 Å². The average Bonchev–Trinajstić information content (AvgIpc) is 3.00. The first-order valence-electron chi connectivity index (χ1n) is 14.6. The van der Waals surface area contributed by atoms with Crippen molar-refractivity contribution in [3.05, 3.63) is 84.2 Å². The van der Waals surface area contributed by atoms with E-state index in [1.54, 1.807) is 7.11 Å². The minimum atomic E-state index is -0.330. The van der Waals surface area contributed by atoms with Gasteiger partial charge in [0.25, 0.3) is 0 Å². The predicted octanol–water partition coefficient (Wildman–Crippen LogP) is 6.92. The number of pyridine rings is 1. The molecule has 0 spiro atoms. The van der Waals surface area contributed by atoms with Gasteiger partial charge >= 0.3 is 6.03 Å².